The molecule has 0 radical (unpaired) electrons. The Morgan fingerprint density at radius 2 is 1.80 bits per heavy atom. The van der Waals surface area contributed by atoms with E-state index in [1.165, 1.54) is 5.56 Å². The Bertz CT molecular complexity index is 1370. The molecule has 6 nitrogen and oxygen atoms in total. The summed E-state index contributed by atoms with van der Waals surface area (Å²) in [6.07, 6.45) is 3.74. The molecule has 4 aromatic rings. The number of hydrogen-bond donors (Lipinski definition) is 2. The number of carboxylic acids is 1. The van der Waals surface area contributed by atoms with Gasteiger partial charge in [0.25, 0.3) is 0 Å². The maximum atomic E-state index is 11.6. The van der Waals surface area contributed by atoms with Crippen LogP contribution in [-0.4, -0.2) is 25.7 Å². The van der Waals surface area contributed by atoms with Crippen molar-refractivity contribution in [2.45, 2.75) is 31.8 Å². The average molecular weight is 483 g/mol. The van der Waals surface area contributed by atoms with Crippen LogP contribution in [0, 0.1) is 0 Å². The van der Waals surface area contributed by atoms with Crippen molar-refractivity contribution in [1.82, 2.24) is 14.9 Å². The second kappa shape index (κ2) is 9.35. The van der Waals surface area contributed by atoms with E-state index in [1.807, 2.05) is 41.1 Å². The molecule has 0 unspecified atom stereocenters. The number of carbonyl (C=O) groups is 1. The number of thiocarbonyl (C=S) groups is 1. The third kappa shape index (κ3) is 4.31. The lowest BCUT2D eigenvalue weighted by molar-refractivity contribution is 0.0697. The van der Waals surface area contributed by atoms with Gasteiger partial charge in [0, 0.05) is 29.5 Å². The van der Waals surface area contributed by atoms with Gasteiger partial charge < -0.3 is 19.9 Å². The summed E-state index contributed by atoms with van der Waals surface area (Å²) in [6.45, 7) is 4.35. The number of benzene rings is 2. The minimum Gasteiger partial charge on any atom is -0.478 e. The Hall–Kier alpha value is -3.97. The molecule has 2 aromatic heterocycles. The predicted octanol–water partition coefficient (Wildman–Crippen LogP) is 5.87. The molecule has 176 valence electrons. The van der Waals surface area contributed by atoms with Crippen LogP contribution >= 0.6 is 12.2 Å². The second-order valence-corrected chi connectivity index (χ2v) is 9.29. The van der Waals surface area contributed by atoms with Gasteiger partial charge in [-0.2, -0.15) is 0 Å². The highest BCUT2D eigenvalue weighted by Crippen LogP contribution is 2.42. The summed E-state index contributed by atoms with van der Waals surface area (Å²) >= 11 is 5.85. The highest BCUT2D eigenvalue weighted by Gasteiger charge is 2.42. The first-order valence-electron chi connectivity index (χ1n) is 11.6. The second-order valence-electron chi connectivity index (χ2n) is 8.90. The summed E-state index contributed by atoms with van der Waals surface area (Å²) in [5.74, 6) is -0.522. The van der Waals surface area contributed by atoms with E-state index in [-0.39, 0.29) is 17.6 Å². The van der Waals surface area contributed by atoms with Gasteiger partial charge in [-0.1, -0.05) is 38.1 Å². The molecule has 1 aliphatic heterocycles. The molecular weight excluding hydrogens is 456 g/mol. The fourth-order valence-electron chi connectivity index (χ4n) is 4.61. The summed E-state index contributed by atoms with van der Waals surface area (Å²) in [4.78, 5) is 18.4. The lowest BCUT2D eigenvalue weighted by Crippen LogP contribution is -2.30. The molecule has 0 aliphatic carbocycles. The fraction of sp³-hybridized carbons (Fsp3) is 0.179. The number of anilines is 1. The standard InChI is InChI=1S/C28H26N4O2S/c1-18(2)19-11-13-21(14-12-19)32-26(25(30-28(32)35)23-9-3-4-15-29-23)24-10-6-16-31(24)22-8-5-7-20(17-22)27(33)34/h3-18,25-26H,1-2H3,(H,30,35)(H,33,34)/t25-,26-/m1/s1. The van der Waals surface area contributed by atoms with Crippen molar-refractivity contribution in [2.75, 3.05) is 4.90 Å². The quantitative estimate of drug-likeness (QED) is 0.335. The molecule has 5 rings (SSSR count). The van der Waals surface area contributed by atoms with Crippen LogP contribution in [-0.2, 0) is 0 Å². The number of nitrogens with zero attached hydrogens (tertiary/aromatic N) is 3. The van der Waals surface area contributed by atoms with Crippen LogP contribution in [0.3, 0.4) is 0 Å². The first kappa shape index (κ1) is 22.8. The number of nitrogens with one attached hydrogen (secondary N) is 1. The fourth-order valence-corrected chi connectivity index (χ4v) is 4.96. The van der Waals surface area contributed by atoms with Gasteiger partial charge in [0.2, 0.25) is 0 Å². The smallest absolute Gasteiger partial charge is 0.335 e. The highest BCUT2D eigenvalue weighted by atomic mass is 32.1. The molecule has 7 heteroatoms. The monoisotopic (exact) mass is 482 g/mol. The molecule has 35 heavy (non-hydrogen) atoms. The molecule has 0 amide bonds. The van der Waals surface area contributed by atoms with E-state index in [1.54, 1.807) is 24.4 Å². The average Bonchev–Trinajstić information content (AvgIpc) is 3.49. The van der Waals surface area contributed by atoms with Gasteiger partial charge in [-0.3, -0.25) is 4.98 Å². The van der Waals surface area contributed by atoms with E-state index in [9.17, 15) is 9.90 Å². The zero-order chi connectivity index (χ0) is 24.5. The van der Waals surface area contributed by atoms with Crippen molar-refractivity contribution in [3.05, 3.63) is 114 Å². The van der Waals surface area contributed by atoms with Gasteiger partial charge in [0.05, 0.1) is 17.3 Å². The molecule has 2 N–H and O–H groups in total. The normalized spacial score (nSPS) is 17.6. The van der Waals surface area contributed by atoms with Crippen molar-refractivity contribution < 1.29 is 9.90 Å². The van der Waals surface area contributed by atoms with E-state index in [0.717, 1.165) is 22.8 Å². The summed E-state index contributed by atoms with van der Waals surface area (Å²) in [5, 5.41) is 13.6. The van der Waals surface area contributed by atoms with Gasteiger partial charge in [-0.15, -0.1) is 0 Å². The summed E-state index contributed by atoms with van der Waals surface area (Å²) in [6, 6.07) is 25.0. The molecular formula is C28H26N4O2S. The van der Waals surface area contributed by atoms with Crippen LogP contribution in [0.25, 0.3) is 5.69 Å². The molecule has 2 aromatic carbocycles. The lowest BCUT2D eigenvalue weighted by Gasteiger charge is -2.29. The number of hydrogen-bond acceptors (Lipinski definition) is 3. The van der Waals surface area contributed by atoms with Crippen LogP contribution in [0.2, 0.25) is 0 Å². The molecule has 3 heterocycles. The largest absolute Gasteiger partial charge is 0.478 e. The van der Waals surface area contributed by atoms with Gasteiger partial charge in [0.15, 0.2) is 5.11 Å². The number of aromatic carboxylic acids is 1. The van der Waals surface area contributed by atoms with Crippen LogP contribution in [0.1, 0.15) is 59.2 Å². The first-order valence-corrected chi connectivity index (χ1v) is 12.0. The van der Waals surface area contributed by atoms with E-state index in [4.69, 9.17) is 12.2 Å². The van der Waals surface area contributed by atoms with Gasteiger partial charge in [-0.05, 0) is 78.3 Å². The van der Waals surface area contributed by atoms with Crippen molar-refractivity contribution >= 4 is 29.0 Å². The zero-order valence-electron chi connectivity index (χ0n) is 19.5. The lowest BCUT2D eigenvalue weighted by atomic mass is 9.99. The van der Waals surface area contributed by atoms with E-state index in [0.29, 0.717) is 11.0 Å². The Morgan fingerprint density at radius 3 is 2.49 bits per heavy atom. The summed E-state index contributed by atoms with van der Waals surface area (Å²) < 4.78 is 2.03. The van der Waals surface area contributed by atoms with Crippen molar-refractivity contribution in [3.63, 3.8) is 0 Å². The van der Waals surface area contributed by atoms with Crippen LogP contribution in [0.5, 0.6) is 0 Å². The van der Waals surface area contributed by atoms with E-state index in [2.05, 4.69) is 59.4 Å². The first-order chi connectivity index (χ1) is 16.9. The third-order valence-electron chi connectivity index (χ3n) is 6.39. The van der Waals surface area contributed by atoms with Gasteiger partial charge >= 0.3 is 5.97 Å². The van der Waals surface area contributed by atoms with Crippen molar-refractivity contribution in [3.8, 4) is 5.69 Å². The molecule has 0 saturated carbocycles. The maximum Gasteiger partial charge on any atom is 0.335 e. The minimum absolute atomic E-state index is 0.190. The Morgan fingerprint density at radius 1 is 1.00 bits per heavy atom. The minimum atomic E-state index is -0.956. The Balaban J connectivity index is 1.64. The number of carboxylic acid groups (broad SMARTS) is 1. The van der Waals surface area contributed by atoms with E-state index < -0.39 is 5.97 Å². The number of rotatable bonds is 6. The van der Waals surface area contributed by atoms with Crippen LogP contribution in [0.15, 0.2) is 91.3 Å². The van der Waals surface area contributed by atoms with Crippen LogP contribution < -0.4 is 10.2 Å². The molecule has 0 bridgehead atoms. The molecule has 1 aliphatic rings. The third-order valence-corrected chi connectivity index (χ3v) is 6.71. The van der Waals surface area contributed by atoms with Gasteiger partial charge in [-0.25, -0.2) is 4.79 Å². The zero-order valence-corrected chi connectivity index (χ0v) is 20.3. The molecule has 1 saturated heterocycles. The molecule has 2 atom stereocenters. The summed E-state index contributed by atoms with van der Waals surface area (Å²) in [5.41, 5.74) is 5.12. The number of pyridine rings is 1. The Kier molecular flexibility index (Phi) is 6.09. The molecule has 1 fully saturated rings. The molecule has 0 spiro atoms. The SMILES string of the molecule is CC(C)c1ccc(N2C(=S)N[C@H](c3ccccn3)[C@H]2c2cccn2-c2cccc(C(=O)O)c2)cc1. The predicted molar refractivity (Wildman–Crippen MR) is 141 cm³/mol. The summed E-state index contributed by atoms with van der Waals surface area (Å²) in [7, 11) is 0. The Labute approximate surface area is 209 Å². The number of aromatic nitrogens is 2. The van der Waals surface area contributed by atoms with Crippen LogP contribution in [0.4, 0.5) is 5.69 Å². The van der Waals surface area contributed by atoms with Crippen molar-refractivity contribution in [1.29, 1.82) is 0 Å². The van der Waals surface area contributed by atoms with Crippen molar-refractivity contribution in [2.24, 2.45) is 0 Å². The highest BCUT2D eigenvalue weighted by molar-refractivity contribution is 7.80. The topological polar surface area (TPSA) is 70.4 Å². The van der Waals surface area contributed by atoms with E-state index >= 15 is 0 Å². The van der Waals surface area contributed by atoms with Gasteiger partial charge in [0.1, 0.15) is 6.04 Å². The maximum absolute atomic E-state index is 11.6.